The molecule has 0 aliphatic carbocycles. The second-order valence-corrected chi connectivity index (χ2v) is 6.58. The van der Waals surface area contributed by atoms with Gasteiger partial charge in [0.1, 0.15) is 0 Å². The van der Waals surface area contributed by atoms with Crippen molar-refractivity contribution < 1.29 is 18.6 Å². The molecule has 0 N–H and O–H groups in total. The number of methoxy groups -OCH3 is 3. The maximum absolute atomic E-state index is 5.71. The van der Waals surface area contributed by atoms with Gasteiger partial charge in [-0.1, -0.05) is 30.3 Å². The summed E-state index contributed by atoms with van der Waals surface area (Å²) < 4.78 is 23.5. The summed E-state index contributed by atoms with van der Waals surface area (Å²) in [6.45, 7) is 1.27. The highest BCUT2D eigenvalue weighted by atomic mass is 32.1. The molecule has 3 rings (SSSR count). The molecule has 0 atom stereocenters. The fourth-order valence-electron chi connectivity index (χ4n) is 2.89. The van der Waals surface area contributed by atoms with E-state index in [1.165, 1.54) is 5.56 Å². The zero-order valence-electron chi connectivity index (χ0n) is 16.3. The van der Waals surface area contributed by atoms with Gasteiger partial charge in [0.15, 0.2) is 11.5 Å². The Bertz CT molecular complexity index is 960. The van der Waals surface area contributed by atoms with Gasteiger partial charge < -0.3 is 18.6 Å². The van der Waals surface area contributed by atoms with E-state index in [0.717, 1.165) is 6.54 Å². The lowest BCUT2D eigenvalue weighted by Gasteiger charge is -2.15. The highest BCUT2D eigenvalue weighted by Crippen LogP contribution is 2.40. The predicted molar refractivity (Wildman–Crippen MR) is 108 cm³/mol. The predicted octanol–water partition coefficient (Wildman–Crippen LogP) is 3.99. The molecule has 0 radical (unpaired) electrons. The molecule has 1 aromatic heterocycles. The van der Waals surface area contributed by atoms with Gasteiger partial charge in [0.2, 0.25) is 11.6 Å². The van der Waals surface area contributed by atoms with Crippen molar-refractivity contribution in [3.63, 3.8) is 0 Å². The molecule has 0 saturated carbocycles. The summed E-state index contributed by atoms with van der Waals surface area (Å²) in [6, 6.07) is 13.8. The maximum atomic E-state index is 5.71. The number of hydrogen-bond acceptors (Lipinski definition) is 7. The van der Waals surface area contributed by atoms with E-state index in [9.17, 15) is 0 Å². The molecule has 0 unspecified atom stereocenters. The number of nitrogens with zero attached hydrogens (tertiary/aromatic N) is 3. The van der Waals surface area contributed by atoms with Crippen molar-refractivity contribution >= 4 is 12.2 Å². The van der Waals surface area contributed by atoms with E-state index >= 15 is 0 Å². The van der Waals surface area contributed by atoms with Crippen molar-refractivity contribution in [3.8, 4) is 28.7 Å². The Hall–Kier alpha value is -2.84. The van der Waals surface area contributed by atoms with Gasteiger partial charge in [-0.15, -0.1) is 5.10 Å². The van der Waals surface area contributed by atoms with E-state index in [1.54, 1.807) is 38.1 Å². The normalized spacial score (nSPS) is 10.9. The van der Waals surface area contributed by atoms with Gasteiger partial charge in [0, 0.05) is 12.1 Å². The summed E-state index contributed by atoms with van der Waals surface area (Å²) in [5.41, 5.74) is 1.90. The van der Waals surface area contributed by atoms with E-state index in [1.807, 2.05) is 25.2 Å². The highest BCUT2D eigenvalue weighted by Gasteiger charge is 2.18. The zero-order chi connectivity index (χ0) is 20.1. The lowest BCUT2D eigenvalue weighted by Crippen LogP contribution is -2.22. The Morgan fingerprint density at radius 1 is 1.04 bits per heavy atom. The summed E-state index contributed by atoms with van der Waals surface area (Å²) in [6.07, 6.45) is 0. The summed E-state index contributed by atoms with van der Waals surface area (Å²) in [5.74, 6) is 1.94. The van der Waals surface area contributed by atoms with Crippen LogP contribution >= 0.6 is 12.2 Å². The van der Waals surface area contributed by atoms with Crippen LogP contribution in [0.1, 0.15) is 5.56 Å². The van der Waals surface area contributed by atoms with Crippen molar-refractivity contribution in [1.82, 2.24) is 14.7 Å². The fraction of sp³-hybridized carbons (Fsp3) is 0.300. The molecule has 7 nitrogen and oxygen atoms in total. The van der Waals surface area contributed by atoms with Gasteiger partial charge in [0.05, 0.1) is 28.0 Å². The topological polar surface area (TPSA) is 61.9 Å². The van der Waals surface area contributed by atoms with Gasteiger partial charge in [-0.25, -0.2) is 4.68 Å². The Balaban J connectivity index is 1.85. The molecule has 8 heteroatoms. The summed E-state index contributed by atoms with van der Waals surface area (Å²) in [4.78, 5) is 2.40. The van der Waals surface area contributed by atoms with Crippen LogP contribution in [0, 0.1) is 4.84 Å². The van der Waals surface area contributed by atoms with Crippen molar-refractivity contribution in [3.05, 3.63) is 52.9 Å². The van der Waals surface area contributed by atoms with Gasteiger partial charge in [-0.3, -0.25) is 4.90 Å². The average molecular weight is 401 g/mol. The first-order valence-corrected chi connectivity index (χ1v) is 9.07. The number of aromatic nitrogens is 2. The molecule has 3 aromatic rings. The van der Waals surface area contributed by atoms with Gasteiger partial charge in [-0.2, -0.15) is 0 Å². The van der Waals surface area contributed by atoms with Crippen LogP contribution in [-0.4, -0.2) is 43.1 Å². The summed E-state index contributed by atoms with van der Waals surface area (Å²) in [7, 11) is 6.69. The van der Waals surface area contributed by atoms with Crippen LogP contribution in [-0.2, 0) is 13.2 Å². The molecule has 0 fully saturated rings. The molecule has 0 aliphatic rings. The SMILES string of the molecule is COc1cc(-c2nn(CN(C)Cc3ccccc3)c(=S)o2)cc(OC)c1OC. The molecule has 148 valence electrons. The molecular formula is C20H23N3O4S. The van der Waals surface area contributed by atoms with Crippen LogP contribution in [0.15, 0.2) is 46.9 Å². The third kappa shape index (κ3) is 4.35. The molecule has 0 aliphatic heterocycles. The maximum Gasteiger partial charge on any atom is 0.288 e. The average Bonchev–Trinajstić information content (AvgIpc) is 3.07. The smallest absolute Gasteiger partial charge is 0.288 e. The Labute approximate surface area is 169 Å². The Kier molecular flexibility index (Phi) is 6.33. The summed E-state index contributed by atoms with van der Waals surface area (Å²) in [5, 5.41) is 4.52. The van der Waals surface area contributed by atoms with Crippen molar-refractivity contribution in [2.75, 3.05) is 28.4 Å². The van der Waals surface area contributed by atoms with E-state index in [4.69, 9.17) is 30.8 Å². The molecule has 0 spiro atoms. The molecule has 0 bridgehead atoms. The van der Waals surface area contributed by atoms with Crippen LogP contribution in [0.4, 0.5) is 0 Å². The second-order valence-electron chi connectivity index (χ2n) is 6.23. The van der Waals surface area contributed by atoms with Crippen molar-refractivity contribution in [2.45, 2.75) is 13.2 Å². The molecule has 0 amide bonds. The van der Waals surface area contributed by atoms with Crippen LogP contribution in [0.2, 0.25) is 0 Å². The summed E-state index contributed by atoms with van der Waals surface area (Å²) >= 11 is 5.35. The van der Waals surface area contributed by atoms with Gasteiger partial charge >= 0.3 is 0 Å². The molecular weight excluding hydrogens is 378 g/mol. The van der Waals surface area contributed by atoms with E-state index in [2.05, 4.69) is 22.1 Å². The van der Waals surface area contributed by atoms with Crippen LogP contribution in [0.5, 0.6) is 17.2 Å². The first-order chi connectivity index (χ1) is 13.5. The van der Waals surface area contributed by atoms with Gasteiger partial charge in [-0.05, 0) is 37.0 Å². The fourth-order valence-corrected chi connectivity index (χ4v) is 3.07. The first-order valence-electron chi connectivity index (χ1n) is 8.66. The Morgan fingerprint density at radius 3 is 2.25 bits per heavy atom. The number of benzene rings is 2. The molecule has 1 heterocycles. The third-order valence-electron chi connectivity index (χ3n) is 4.19. The van der Waals surface area contributed by atoms with Crippen molar-refractivity contribution in [1.29, 1.82) is 0 Å². The van der Waals surface area contributed by atoms with Crippen LogP contribution < -0.4 is 14.2 Å². The van der Waals surface area contributed by atoms with Crippen LogP contribution in [0.3, 0.4) is 0 Å². The number of ether oxygens (including phenoxy) is 3. The largest absolute Gasteiger partial charge is 0.493 e. The van der Waals surface area contributed by atoms with Crippen LogP contribution in [0.25, 0.3) is 11.5 Å². The lowest BCUT2D eigenvalue weighted by atomic mass is 10.2. The minimum absolute atomic E-state index is 0.295. The van der Waals surface area contributed by atoms with E-state index in [0.29, 0.717) is 40.2 Å². The number of rotatable bonds is 8. The minimum atomic E-state index is 0.295. The third-order valence-corrected chi connectivity index (χ3v) is 4.48. The van der Waals surface area contributed by atoms with Gasteiger partial charge in [0.25, 0.3) is 4.84 Å². The highest BCUT2D eigenvalue weighted by molar-refractivity contribution is 7.71. The van der Waals surface area contributed by atoms with E-state index < -0.39 is 0 Å². The quantitative estimate of drug-likeness (QED) is 0.529. The van der Waals surface area contributed by atoms with Crippen molar-refractivity contribution in [2.24, 2.45) is 0 Å². The minimum Gasteiger partial charge on any atom is -0.493 e. The molecule has 28 heavy (non-hydrogen) atoms. The second kappa shape index (κ2) is 8.90. The monoisotopic (exact) mass is 401 g/mol. The lowest BCUT2D eigenvalue weighted by molar-refractivity contribution is 0.240. The number of hydrogen-bond donors (Lipinski definition) is 0. The molecule has 2 aromatic carbocycles. The Morgan fingerprint density at radius 2 is 1.68 bits per heavy atom. The zero-order valence-corrected chi connectivity index (χ0v) is 17.2. The molecule has 0 saturated heterocycles. The first kappa shape index (κ1) is 19.9. The standard InChI is InChI=1S/C20H23N3O4S/c1-22(12-14-8-6-5-7-9-14)13-23-20(28)27-19(21-23)15-10-16(24-2)18(26-4)17(11-15)25-3/h5-11H,12-13H2,1-4H3. The van der Waals surface area contributed by atoms with E-state index in [-0.39, 0.29) is 0 Å².